The van der Waals surface area contributed by atoms with Crippen LogP contribution in [0.1, 0.15) is 0 Å². The monoisotopic (exact) mass is 360 g/mol. The average Bonchev–Trinajstić information content (AvgIpc) is 2.37. The topological polar surface area (TPSA) is 18.5 Å². The number of rotatable bonds is 6. The molecule has 0 aliphatic carbocycles. The van der Waals surface area contributed by atoms with Gasteiger partial charge in [0.1, 0.15) is 5.75 Å². The molecule has 1 rings (SSSR count). The van der Waals surface area contributed by atoms with E-state index in [0.29, 0.717) is 0 Å². The van der Waals surface area contributed by atoms with Gasteiger partial charge in [0.2, 0.25) is 0 Å². The summed E-state index contributed by atoms with van der Waals surface area (Å²) in [6.07, 6.45) is -23.3. The summed E-state index contributed by atoms with van der Waals surface area (Å²) >= 11 is 0. The van der Waals surface area contributed by atoms with E-state index in [-0.39, 0.29) is 0 Å². The highest BCUT2D eigenvalue weighted by Gasteiger charge is 2.76. The van der Waals surface area contributed by atoms with Gasteiger partial charge in [-0.2, -0.15) is 39.5 Å². The van der Waals surface area contributed by atoms with Crippen LogP contribution in [0.25, 0.3) is 0 Å². The second-order valence-corrected chi connectivity index (χ2v) is 4.00. The third-order valence-electron chi connectivity index (χ3n) is 2.23. The Morgan fingerprint density at radius 2 is 1.26 bits per heavy atom. The Morgan fingerprint density at radius 1 is 0.783 bits per heavy atom. The minimum absolute atomic E-state index is 0.769. The zero-order valence-corrected chi connectivity index (χ0v) is 10.6. The molecule has 2 nitrogen and oxygen atoms in total. The summed E-state index contributed by atoms with van der Waals surface area (Å²) in [7, 11) is 0. The first kappa shape index (κ1) is 19.3. The highest BCUT2D eigenvalue weighted by Crippen LogP contribution is 2.48. The van der Waals surface area contributed by atoms with E-state index >= 15 is 0 Å². The Hall–Kier alpha value is -1.72. The number of ether oxygens (including phenoxy) is 2. The SMILES string of the molecule is FC(OC(F)(F)C(F)(F)C(F)(F)F)C(F)(F)Oc1ccccc1. The average molecular weight is 360 g/mol. The van der Waals surface area contributed by atoms with Crippen molar-refractivity contribution >= 4 is 0 Å². The van der Waals surface area contributed by atoms with E-state index in [0.717, 1.165) is 24.3 Å². The van der Waals surface area contributed by atoms with Crippen molar-refractivity contribution < 1.29 is 53.4 Å². The van der Waals surface area contributed by atoms with Crippen molar-refractivity contribution in [3.63, 3.8) is 0 Å². The highest BCUT2D eigenvalue weighted by molar-refractivity contribution is 5.21. The predicted molar refractivity (Wildman–Crippen MR) is 53.9 cm³/mol. The molecular formula is C11H6F10O2. The van der Waals surface area contributed by atoms with Gasteiger partial charge in [0.15, 0.2) is 0 Å². The summed E-state index contributed by atoms with van der Waals surface area (Å²) in [5, 5.41) is 0. The van der Waals surface area contributed by atoms with E-state index in [2.05, 4.69) is 9.47 Å². The van der Waals surface area contributed by atoms with Crippen LogP contribution in [0.4, 0.5) is 43.9 Å². The first-order chi connectivity index (χ1) is 10.2. The molecule has 1 aromatic carbocycles. The van der Waals surface area contributed by atoms with Gasteiger partial charge in [-0.25, -0.2) is 4.39 Å². The number of hydrogen-bond donors (Lipinski definition) is 0. The van der Waals surface area contributed by atoms with Gasteiger partial charge >= 0.3 is 30.7 Å². The lowest BCUT2D eigenvalue weighted by Gasteiger charge is -2.30. The second-order valence-electron chi connectivity index (χ2n) is 4.00. The lowest BCUT2D eigenvalue weighted by atomic mass is 10.3. The molecule has 1 atom stereocenters. The zero-order chi connectivity index (χ0) is 18.1. The minimum atomic E-state index is -6.90. The fourth-order valence-electron chi connectivity index (χ4n) is 1.13. The summed E-state index contributed by atoms with van der Waals surface area (Å²) in [4.78, 5) is 0. The van der Waals surface area contributed by atoms with Gasteiger partial charge in [0.25, 0.3) is 0 Å². The summed E-state index contributed by atoms with van der Waals surface area (Å²) in [6.45, 7) is 0. The third-order valence-corrected chi connectivity index (χ3v) is 2.23. The minimum Gasteiger partial charge on any atom is -0.429 e. The molecule has 0 aliphatic rings. The fourth-order valence-corrected chi connectivity index (χ4v) is 1.13. The number of alkyl halides is 10. The lowest BCUT2D eigenvalue weighted by molar-refractivity contribution is -0.460. The van der Waals surface area contributed by atoms with Crippen LogP contribution in [0.2, 0.25) is 0 Å². The van der Waals surface area contributed by atoms with Crippen LogP contribution in [0.5, 0.6) is 5.75 Å². The van der Waals surface area contributed by atoms with Crippen molar-refractivity contribution in [1.29, 1.82) is 0 Å². The van der Waals surface area contributed by atoms with Crippen LogP contribution >= 0.6 is 0 Å². The Kier molecular flexibility index (Phi) is 5.09. The number of hydrogen-bond acceptors (Lipinski definition) is 2. The predicted octanol–water partition coefficient (Wildman–Crippen LogP) is 4.76. The van der Waals surface area contributed by atoms with E-state index in [1.54, 1.807) is 0 Å². The number of halogens is 10. The van der Waals surface area contributed by atoms with E-state index in [4.69, 9.17) is 0 Å². The van der Waals surface area contributed by atoms with Crippen molar-refractivity contribution in [1.82, 2.24) is 0 Å². The third kappa shape index (κ3) is 4.18. The normalized spacial score (nSPS) is 15.4. The van der Waals surface area contributed by atoms with Gasteiger partial charge in [-0.1, -0.05) is 18.2 Å². The van der Waals surface area contributed by atoms with E-state index < -0.39 is 36.4 Å². The van der Waals surface area contributed by atoms with Crippen molar-refractivity contribution in [2.24, 2.45) is 0 Å². The maximum absolute atomic E-state index is 13.1. The van der Waals surface area contributed by atoms with Gasteiger partial charge in [-0.15, -0.1) is 0 Å². The van der Waals surface area contributed by atoms with E-state index in [1.807, 2.05) is 0 Å². The molecule has 0 heterocycles. The van der Waals surface area contributed by atoms with Gasteiger partial charge in [0.05, 0.1) is 0 Å². The molecule has 0 amide bonds. The first-order valence-corrected chi connectivity index (χ1v) is 5.47. The summed E-state index contributed by atoms with van der Waals surface area (Å²) in [5.74, 6) is -7.66. The van der Waals surface area contributed by atoms with Crippen LogP contribution in [-0.2, 0) is 4.74 Å². The zero-order valence-electron chi connectivity index (χ0n) is 10.6. The quantitative estimate of drug-likeness (QED) is 0.681. The van der Waals surface area contributed by atoms with Crippen LogP contribution in [0, 0.1) is 0 Å². The molecule has 23 heavy (non-hydrogen) atoms. The standard InChI is InChI=1S/C11H6F10O2/c12-7(8(13,14)22-6-4-2-1-3-5-6)23-11(20,21)9(15,16)10(17,18)19/h1-5,7H. The van der Waals surface area contributed by atoms with Crippen molar-refractivity contribution in [2.75, 3.05) is 0 Å². The molecule has 132 valence electrons. The number of para-hydroxylation sites is 1. The van der Waals surface area contributed by atoms with Crippen LogP contribution in [0.15, 0.2) is 30.3 Å². The van der Waals surface area contributed by atoms with Gasteiger partial charge < -0.3 is 4.74 Å². The summed E-state index contributed by atoms with van der Waals surface area (Å²) in [6, 6.07) is 5.19. The van der Waals surface area contributed by atoms with Crippen LogP contribution in [0.3, 0.4) is 0 Å². The molecule has 0 saturated heterocycles. The van der Waals surface area contributed by atoms with Gasteiger partial charge in [0, 0.05) is 0 Å². The molecule has 1 unspecified atom stereocenters. The molecule has 0 aromatic heterocycles. The molecule has 0 spiro atoms. The van der Waals surface area contributed by atoms with E-state index in [9.17, 15) is 43.9 Å². The second kappa shape index (κ2) is 6.06. The fraction of sp³-hybridized carbons (Fsp3) is 0.455. The maximum atomic E-state index is 13.1. The Balaban J connectivity index is 2.90. The van der Waals surface area contributed by atoms with E-state index in [1.165, 1.54) is 6.07 Å². The smallest absolute Gasteiger partial charge is 0.429 e. The molecule has 0 N–H and O–H groups in total. The molecule has 0 aliphatic heterocycles. The molecule has 12 heteroatoms. The van der Waals surface area contributed by atoms with Crippen LogP contribution < -0.4 is 4.74 Å². The molecule has 0 radical (unpaired) electrons. The summed E-state index contributed by atoms with van der Waals surface area (Å²) < 4.78 is 131. The summed E-state index contributed by atoms with van der Waals surface area (Å²) in [5.41, 5.74) is 0. The van der Waals surface area contributed by atoms with Gasteiger partial charge in [-0.05, 0) is 12.1 Å². The molecule has 1 aromatic rings. The van der Waals surface area contributed by atoms with Crippen LogP contribution in [-0.4, -0.2) is 30.7 Å². The molecule has 0 saturated carbocycles. The maximum Gasteiger partial charge on any atom is 0.462 e. The Bertz CT molecular complexity index is 513. The number of benzene rings is 1. The molecular weight excluding hydrogens is 354 g/mol. The van der Waals surface area contributed by atoms with Crippen molar-refractivity contribution in [2.45, 2.75) is 30.7 Å². The largest absolute Gasteiger partial charge is 0.462 e. The van der Waals surface area contributed by atoms with Crippen molar-refractivity contribution in [3.8, 4) is 5.75 Å². The highest BCUT2D eigenvalue weighted by atomic mass is 19.4. The van der Waals surface area contributed by atoms with Gasteiger partial charge in [-0.3, -0.25) is 4.74 Å². The Morgan fingerprint density at radius 3 is 1.70 bits per heavy atom. The lowest BCUT2D eigenvalue weighted by Crippen LogP contribution is -2.56. The molecule has 0 bridgehead atoms. The molecule has 0 fully saturated rings. The first-order valence-electron chi connectivity index (χ1n) is 5.47. The van der Waals surface area contributed by atoms with Crippen molar-refractivity contribution in [3.05, 3.63) is 30.3 Å². The Labute approximate surface area is 121 Å².